The van der Waals surface area contributed by atoms with Crippen LogP contribution in [0.5, 0.6) is 0 Å². The molecule has 0 bridgehead atoms. The molecular formula is C7H14N2O5. The topological polar surface area (TPSA) is 124 Å². The summed E-state index contributed by atoms with van der Waals surface area (Å²) in [7, 11) is 0. The Bertz CT molecular complexity index is 206. The summed E-state index contributed by atoms with van der Waals surface area (Å²) in [5, 5.41) is 25.6. The van der Waals surface area contributed by atoms with Crippen LogP contribution in [0.1, 0.15) is 6.42 Å². The van der Waals surface area contributed by atoms with E-state index in [9.17, 15) is 9.59 Å². The molecule has 0 unspecified atom stereocenters. The van der Waals surface area contributed by atoms with Crippen molar-refractivity contribution in [1.82, 2.24) is 4.90 Å². The van der Waals surface area contributed by atoms with Gasteiger partial charge in [-0.05, 0) is 0 Å². The average Bonchev–Trinajstić information content (AvgIpc) is 2.01. The molecule has 0 aromatic carbocycles. The molecule has 0 saturated heterocycles. The molecule has 0 radical (unpaired) electrons. The third-order valence-corrected chi connectivity index (χ3v) is 1.42. The number of nitrogens with zero attached hydrogens (tertiary/aromatic N) is 1. The minimum Gasteiger partial charge on any atom is -0.480 e. The molecule has 0 aromatic heterocycles. The van der Waals surface area contributed by atoms with Crippen molar-refractivity contribution in [3.63, 3.8) is 0 Å². The Kier molecular flexibility index (Phi) is 5.77. The Balaban J connectivity index is 4.22. The van der Waals surface area contributed by atoms with Crippen LogP contribution in [0, 0.1) is 0 Å². The number of aliphatic hydroxyl groups excluding tert-OH is 1. The maximum atomic E-state index is 11.2. The second kappa shape index (κ2) is 6.30. The summed E-state index contributed by atoms with van der Waals surface area (Å²) in [6.07, 6.45) is -1.75. The third-order valence-electron chi connectivity index (χ3n) is 1.42. The molecule has 82 valence electrons. The minimum atomic E-state index is -1.74. The highest BCUT2D eigenvalue weighted by atomic mass is 16.5. The Hall–Kier alpha value is -1.18. The maximum Gasteiger partial charge on any atom is 0.323 e. The summed E-state index contributed by atoms with van der Waals surface area (Å²) in [6, 6.07) is 0. The van der Waals surface area contributed by atoms with Gasteiger partial charge >= 0.3 is 5.97 Å². The highest BCUT2D eigenvalue weighted by Crippen LogP contribution is 1.95. The zero-order valence-electron chi connectivity index (χ0n) is 7.59. The summed E-state index contributed by atoms with van der Waals surface area (Å²) in [5.74, 6) is -1.72. The number of rotatable bonds is 6. The lowest BCUT2D eigenvalue weighted by Gasteiger charge is -2.21. The highest BCUT2D eigenvalue weighted by Gasteiger charge is 2.18. The van der Waals surface area contributed by atoms with Crippen LogP contribution in [0.15, 0.2) is 0 Å². The normalized spacial score (nSPS) is 10.3. The van der Waals surface area contributed by atoms with Crippen molar-refractivity contribution in [3.8, 4) is 0 Å². The molecule has 0 rings (SSSR count). The molecule has 5 N–H and O–H groups in total. The van der Waals surface area contributed by atoms with E-state index in [0.717, 1.165) is 4.90 Å². The van der Waals surface area contributed by atoms with Crippen molar-refractivity contribution in [3.05, 3.63) is 0 Å². The molecular weight excluding hydrogens is 192 g/mol. The second-order valence-corrected chi connectivity index (χ2v) is 2.69. The van der Waals surface area contributed by atoms with Gasteiger partial charge in [-0.2, -0.15) is 0 Å². The first kappa shape index (κ1) is 12.8. The fourth-order valence-electron chi connectivity index (χ4n) is 0.897. The van der Waals surface area contributed by atoms with Gasteiger partial charge in [-0.3, -0.25) is 9.59 Å². The third kappa shape index (κ3) is 5.46. The number of carbonyl (C=O) groups is 2. The van der Waals surface area contributed by atoms with Crippen LogP contribution in [-0.4, -0.2) is 58.0 Å². The Morgan fingerprint density at radius 3 is 2.29 bits per heavy atom. The van der Waals surface area contributed by atoms with Gasteiger partial charge in [0.05, 0.1) is 6.54 Å². The second-order valence-electron chi connectivity index (χ2n) is 2.69. The molecule has 1 amide bonds. The molecule has 0 atom stereocenters. The van der Waals surface area contributed by atoms with E-state index in [1.54, 1.807) is 0 Å². The quantitative estimate of drug-likeness (QED) is 0.358. The van der Waals surface area contributed by atoms with E-state index in [1.807, 2.05) is 0 Å². The molecule has 7 heteroatoms. The van der Waals surface area contributed by atoms with Crippen LogP contribution in [0.2, 0.25) is 0 Å². The molecule has 0 aliphatic carbocycles. The van der Waals surface area contributed by atoms with Crippen LogP contribution in [-0.2, 0) is 9.59 Å². The largest absolute Gasteiger partial charge is 0.480 e. The number of aliphatic hydroxyl groups is 2. The number of nitrogens with two attached hydrogens (primary N) is 1. The summed E-state index contributed by atoms with van der Waals surface area (Å²) >= 11 is 0. The fourth-order valence-corrected chi connectivity index (χ4v) is 0.897. The summed E-state index contributed by atoms with van der Waals surface area (Å²) in [5.41, 5.74) is 5.11. The van der Waals surface area contributed by atoms with Crippen LogP contribution in [0.3, 0.4) is 0 Å². The lowest BCUT2D eigenvalue weighted by molar-refractivity contribution is -0.148. The molecule has 0 heterocycles. The van der Waals surface area contributed by atoms with E-state index in [4.69, 9.17) is 21.1 Å². The van der Waals surface area contributed by atoms with Crippen molar-refractivity contribution >= 4 is 11.9 Å². The number of amides is 1. The molecule has 0 fully saturated rings. The van der Waals surface area contributed by atoms with Crippen LogP contribution in [0.25, 0.3) is 0 Å². The first-order valence-corrected chi connectivity index (χ1v) is 4.03. The van der Waals surface area contributed by atoms with Gasteiger partial charge in [-0.15, -0.1) is 0 Å². The summed E-state index contributed by atoms with van der Waals surface area (Å²) in [6.45, 7) is -0.891. The lowest BCUT2D eigenvalue weighted by atomic mass is 10.3. The number of aliphatic carboxylic acids is 1. The predicted octanol–water partition coefficient (Wildman–Crippen LogP) is -2.44. The smallest absolute Gasteiger partial charge is 0.323 e. The van der Waals surface area contributed by atoms with Crippen molar-refractivity contribution < 1.29 is 24.9 Å². The minimum absolute atomic E-state index is 0.0139. The first-order valence-electron chi connectivity index (χ1n) is 4.03. The van der Waals surface area contributed by atoms with Crippen LogP contribution < -0.4 is 5.73 Å². The Morgan fingerprint density at radius 2 is 1.93 bits per heavy atom. The fraction of sp³-hybridized carbons (Fsp3) is 0.714. The van der Waals surface area contributed by atoms with Gasteiger partial charge in [0.2, 0.25) is 5.91 Å². The van der Waals surface area contributed by atoms with Gasteiger partial charge in [0.1, 0.15) is 6.54 Å². The molecule has 14 heavy (non-hydrogen) atoms. The zero-order valence-corrected chi connectivity index (χ0v) is 7.59. The van der Waals surface area contributed by atoms with Gasteiger partial charge in [0, 0.05) is 13.0 Å². The number of hydrogen-bond acceptors (Lipinski definition) is 5. The van der Waals surface area contributed by atoms with Crippen LogP contribution in [0.4, 0.5) is 0 Å². The van der Waals surface area contributed by atoms with E-state index in [1.165, 1.54) is 0 Å². The highest BCUT2D eigenvalue weighted by molar-refractivity contribution is 5.81. The van der Waals surface area contributed by atoms with Crippen molar-refractivity contribution in [2.75, 3.05) is 19.6 Å². The molecule has 0 saturated carbocycles. The zero-order chi connectivity index (χ0) is 11.1. The van der Waals surface area contributed by atoms with Gasteiger partial charge < -0.3 is 26.0 Å². The van der Waals surface area contributed by atoms with E-state index in [-0.39, 0.29) is 13.0 Å². The standard InChI is InChI=1S/C7H14N2O5/c8-2-1-5(10)9(3-6(11)12)4-7(13)14/h6,11-12H,1-4,8H2,(H,13,14). The molecule has 0 spiro atoms. The van der Waals surface area contributed by atoms with Gasteiger partial charge in [-0.25, -0.2) is 0 Å². The molecule has 7 nitrogen and oxygen atoms in total. The van der Waals surface area contributed by atoms with E-state index < -0.39 is 31.3 Å². The van der Waals surface area contributed by atoms with Crippen molar-refractivity contribution in [1.29, 1.82) is 0 Å². The maximum absolute atomic E-state index is 11.2. The van der Waals surface area contributed by atoms with E-state index >= 15 is 0 Å². The Labute approximate surface area is 80.7 Å². The molecule has 0 aliphatic heterocycles. The SMILES string of the molecule is NCCC(=O)N(CC(=O)O)CC(O)O. The molecule has 0 aliphatic rings. The van der Waals surface area contributed by atoms with Gasteiger partial charge in [-0.1, -0.05) is 0 Å². The number of hydrogen-bond donors (Lipinski definition) is 4. The Morgan fingerprint density at radius 1 is 1.36 bits per heavy atom. The summed E-state index contributed by atoms with van der Waals surface area (Å²) < 4.78 is 0. The van der Waals surface area contributed by atoms with Crippen molar-refractivity contribution in [2.45, 2.75) is 12.7 Å². The summed E-state index contributed by atoms with van der Waals surface area (Å²) in [4.78, 5) is 22.3. The van der Waals surface area contributed by atoms with Gasteiger partial charge in [0.25, 0.3) is 0 Å². The van der Waals surface area contributed by atoms with Crippen molar-refractivity contribution in [2.24, 2.45) is 5.73 Å². The van der Waals surface area contributed by atoms with Gasteiger partial charge in [0.15, 0.2) is 6.29 Å². The first-order chi connectivity index (χ1) is 6.47. The number of carboxylic acid groups (broad SMARTS) is 1. The lowest BCUT2D eigenvalue weighted by Crippen LogP contribution is -2.41. The number of carbonyl (C=O) groups excluding carboxylic acids is 1. The van der Waals surface area contributed by atoms with E-state index in [2.05, 4.69) is 0 Å². The average molecular weight is 206 g/mol. The molecule has 0 aromatic rings. The number of carboxylic acids is 1. The monoisotopic (exact) mass is 206 g/mol. The predicted molar refractivity (Wildman–Crippen MR) is 46.1 cm³/mol. The van der Waals surface area contributed by atoms with Crippen LogP contribution >= 0.6 is 0 Å². The van der Waals surface area contributed by atoms with E-state index in [0.29, 0.717) is 0 Å².